The number of likely N-dealkylation sites (tertiary alicyclic amines) is 1. The molecule has 3 aromatic rings. The molecule has 1 amide bonds. The van der Waals surface area contributed by atoms with Gasteiger partial charge in [0, 0.05) is 43.2 Å². The van der Waals surface area contributed by atoms with E-state index >= 15 is 0 Å². The molecule has 9 nitrogen and oxygen atoms in total. The van der Waals surface area contributed by atoms with E-state index in [-0.39, 0.29) is 30.2 Å². The number of fused-ring (bicyclic) bond motifs is 1. The lowest BCUT2D eigenvalue weighted by atomic mass is 9.83. The van der Waals surface area contributed by atoms with E-state index in [1.165, 1.54) is 18.2 Å². The third-order valence-corrected chi connectivity index (χ3v) is 8.73. The fourth-order valence-corrected chi connectivity index (χ4v) is 6.51. The van der Waals surface area contributed by atoms with Crippen molar-refractivity contribution in [3.8, 4) is 11.5 Å². The van der Waals surface area contributed by atoms with Crippen LogP contribution < -0.4 is 9.84 Å². The molecule has 1 saturated heterocycles. The number of aromatic hydroxyl groups is 1. The monoisotopic (exact) mass is 599 g/mol. The summed E-state index contributed by atoms with van der Waals surface area (Å²) in [6, 6.07) is 9.64. The van der Waals surface area contributed by atoms with E-state index in [1.807, 2.05) is 30.1 Å². The number of nitrogens with one attached hydrogen (secondary N) is 1. The highest BCUT2D eigenvalue weighted by Gasteiger charge is 2.29. The van der Waals surface area contributed by atoms with Gasteiger partial charge in [-0.2, -0.15) is 13.9 Å². The molecule has 1 aliphatic carbocycles. The zero-order valence-electron chi connectivity index (χ0n) is 24.9. The Labute approximate surface area is 250 Å². The smallest absolute Gasteiger partial charge is 0.395 e. The molecule has 0 bridgehead atoms. The highest BCUT2D eigenvalue weighted by molar-refractivity contribution is 5.96. The first-order valence-corrected chi connectivity index (χ1v) is 15.2. The second-order valence-electron chi connectivity index (χ2n) is 12.3. The van der Waals surface area contributed by atoms with Crippen LogP contribution in [0.3, 0.4) is 0 Å². The van der Waals surface area contributed by atoms with Gasteiger partial charge in [-0.05, 0) is 79.7 Å². The van der Waals surface area contributed by atoms with E-state index in [0.29, 0.717) is 36.3 Å². The van der Waals surface area contributed by atoms with Crippen molar-refractivity contribution >= 4 is 22.9 Å². The van der Waals surface area contributed by atoms with Crippen molar-refractivity contribution in [3.63, 3.8) is 0 Å². The van der Waals surface area contributed by atoms with Gasteiger partial charge in [-0.25, -0.2) is 0 Å². The number of hydrogen-bond acceptors (Lipinski definition) is 6. The van der Waals surface area contributed by atoms with Crippen molar-refractivity contribution in [3.05, 3.63) is 47.5 Å². The first kappa shape index (κ1) is 30.7. The van der Waals surface area contributed by atoms with Crippen LogP contribution in [0.15, 0.2) is 36.4 Å². The van der Waals surface area contributed by atoms with Gasteiger partial charge in [0.2, 0.25) is 5.52 Å². The van der Waals surface area contributed by atoms with Gasteiger partial charge in [0.25, 0.3) is 5.91 Å². The Bertz CT molecular complexity index is 1430. The SMILES string of the molecule is Cn1nc2cc(C(=O)N3CCC(CC4CCCC(CC(=O)OCc5ccc(O)c(OC(C)(F)F)c5)CC4)CC3)ccc2[nH+]1. The molecule has 2 heterocycles. The van der Waals surface area contributed by atoms with Gasteiger partial charge in [0.05, 0.1) is 7.05 Å². The number of aryl methyl sites for hydroxylation is 1. The third kappa shape index (κ3) is 8.42. The predicted molar refractivity (Wildman–Crippen MR) is 154 cm³/mol. The second kappa shape index (κ2) is 13.3. The molecule has 1 aromatic heterocycles. The van der Waals surface area contributed by atoms with E-state index in [0.717, 1.165) is 75.5 Å². The van der Waals surface area contributed by atoms with Gasteiger partial charge < -0.3 is 19.5 Å². The summed E-state index contributed by atoms with van der Waals surface area (Å²) in [5.74, 6) is 0.506. The Morgan fingerprint density at radius 3 is 2.51 bits per heavy atom. The minimum atomic E-state index is -3.43. The van der Waals surface area contributed by atoms with E-state index < -0.39 is 11.9 Å². The highest BCUT2D eigenvalue weighted by Crippen LogP contribution is 2.36. The number of nitrogens with zero attached hydrogens (tertiary/aromatic N) is 3. The van der Waals surface area contributed by atoms with Gasteiger partial charge in [0.15, 0.2) is 17.0 Å². The first-order chi connectivity index (χ1) is 20.5. The number of hydrogen-bond donors (Lipinski definition) is 1. The molecule has 1 aliphatic heterocycles. The Morgan fingerprint density at radius 1 is 1.02 bits per heavy atom. The number of carbonyl (C=O) groups excluding carboxylic acids is 2. The van der Waals surface area contributed by atoms with Gasteiger partial charge in [-0.3, -0.25) is 9.59 Å². The zero-order chi connectivity index (χ0) is 30.6. The number of aromatic nitrogens is 3. The minimum Gasteiger partial charge on any atom is -0.504 e. The molecule has 232 valence electrons. The fraction of sp³-hybridized carbons (Fsp3) is 0.562. The normalized spacial score (nSPS) is 20.1. The fourth-order valence-electron chi connectivity index (χ4n) is 6.51. The topological polar surface area (TPSA) is 108 Å². The molecule has 2 aromatic carbocycles. The predicted octanol–water partition coefficient (Wildman–Crippen LogP) is 5.66. The average molecular weight is 600 g/mol. The summed E-state index contributed by atoms with van der Waals surface area (Å²) in [5.41, 5.74) is 2.83. The molecule has 0 radical (unpaired) electrons. The van der Waals surface area contributed by atoms with Gasteiger partial charge in [-0.1, -0.05) is 30.1 Å². The molecule has 1 saturated carbocycles. The minimum absolute atomic E-state index is 0.0666. The molecule has 11 heteroatoms. The van der Waals surface area contributed by atoms with E-state index in [1.54, 1.807) is 4.80 Å². The van der Waals surface area contributed by atoms with E-state index in [2.05, 4.69) is 14.9 Å². The molecular formula is C32H41F2N4O5+. The lowest BCUT2D eigenvalue weighted by Crippen LogP contribution is -2.38. The van der Waals surface area contributed by atoms with Crippen LogP contribution in [0, 0.1) is 17.8 Å². The number of amides is 1. The Balaban J connectivity index is 1.03. The lowest BCUT2D eigenvalue weighted by Gasteiger charge is -2.33. The summed E-state index contributed by atoms with van der Waals surface area (Å²) >= 11 is 0. The second-order valence-corrected chi connectivity index (χ2v) is 12.3. The summed E-state index contributed by atoms with van der Waals surface area (Å²) in [5, 5.41) is 17.3. The van der Waals surface area contributed by atoms with Crippen molar-refractivity contribution in [2.45, 2.75) is 77.4 Å². The molecule has 2 fully saturated rings. The molecule has 43 heavy (non-hydrogen) atoms. The number of aromatic amines is 1. The van der Waals surface area contributed by atoms with Gasteiger partial charge in [-0.15, -0.1) is 0 Å². The Hall–Kier alpha value is -3.76. The molecule has 2 unspecified atom stereocenters. The molecule has 5 rings (SSSR count). The maximum absolute atomic E-state index is 13.2. The maximum Gasteiger partial charge on any atom is 0.395 e. The van der Waals surface area contributed by atoms with Crippen LogP contribution in [0.25, 0.3) is 11.0 Å². The van der Waals surface area contributed by atoms with Crippen LogP contribution >= 0.6 is 0 Å². The summed E-state index contributed by atoms with van der Waals surface area (Å²) in [6.45, 7) is 2.06. The first-order valence-electron chi connectivity index (χ1n) is 15.2. The highest BCUT2D eigenvalue weighted by atomic mass is 19.3. The van der Waals surface area contributed by atoms with Crippen LogP contribution in [0.5, 0.6) is 11.5 Å². The molecule has 2 N–H and O–H groups in total. The number of esters is 1. The van der Waals surface area contributed by atoms with Crippen LogP contribution in [0.2, 0.25) is 0 Å². The number of phenols is 1. The summed E-state index contributed by atoms with van der Waals surface area (Å²) in [6.07, 6.45) is 5.38. The Morgan fingerprint density at radius 2 is 1.74 bits per heavy atom. The number of H-pyrrole nitrogens is 1. The van der Waals surface area contributed by atoms with Gasteiger partial charge >= 0.3 is 12.1 Å². The average Bonchev–Trinajstić information content (AvgIpc) is 3.20. The molecule has 0 spiro atoms. The number of halogens is 2. The summed E-state index contributed by atoms with van der Waals surface area (Å²) in [7, 11) is 1.82. The quantitative estimate of drug-likeness (QED) is 0.251. The summed E-state index contributed by atoms with van der Waals surface area (Å²) < 4.78 is 36.3. The lowest BCUT2D eigenvalue weighted by molar-refractivity contribution is -0.466. The van der Waals surface area contributed by atoms with E-state index in [9.17, 15) is 23.5 Å². The van der Waals surface area contributed by atoms with Crippen LogP contribution in [-0.4, -0.2) is 51.0 Å². The van der Waals surface area contributed by atoms with Crippen molar-refractivity contribution in [1.82, 2.24) is 14.8 Å². The zero-order valence-corrected chi connectivity index (χ0v) is 24.9. The number of phenolic OH excluding ortho intramolecular Hbond substituents is 1. The molecule has 2 atom stereocenters. The van der Waals surface area contributed by atoms with E-state index in [4.69, 9.17) is 4.74 Å². The molecule has 2 aliphatic rings. The number of alkyl halides is 2. The Kier molecular flexibility index (Phi) is 9.46. The van der Waals surface area contributed by atoms with Crippen molar-refractivity contribution < 1.29 is 38.0 Å². The van der Waals surface area contributed by atoms with Crippen LogP contribution in [0.4, 0.5) is 8.78 Å². The number of rotatable bonds is 9. The maximum atomic E-state index is 13.2. The standard InChI is InChI=1S/C32H40F2N4O5/c1-32(33,34)43-29-17-24(8-11-28(29)39)20-42-30(40)18-22-5-3-4-21(6-7-22)16-23-12-14-38(15-13-23)31(41)25-9-10-26-27(19-25)36-37(2)35-26/h8-11,17,19,21-23,39H,3-7,12-16,18,20H2,1-2H3/p+1. The number of benzene rings is 2. The number of piperidine rings is 1. The summed E-state index contributed by atoms with van der Waals surface area (Å²) in [4.78, 5) is 29.3. The number of carbonyl (C=O) groups is 2. The van der Waals surface area contributed by atoms with Crippen molar-refractivity contribution in [2.24, 2.45) is 24.8 Å². The van der Waals surface area contributed by atoms with Crippen molar-refractivity contribution in [2.75, 3.05) is 13.1 Å². The molecular weight excluding hydrogens is 558 g/mol. The number of ether oxygens (including phenoxy) is 2. The largest absolute Gasteiger partial charge is 0.504 e. The third-order valence-electron chi connectivity index (χ3n) is 8.73. The van der Waals surface area contributed by atoms with Gasteiger partial charge in [0.1, 0.15) is 6.61 Å². The van der Waals surface area contributed by atoms with Crippen LogP contribution in [-0.2, 0) is 23.2 Å². The van der Waals surface area contributed by atoms with Crippen LogP contribution in [0.1, 0.15) is 80.6 Å². The van der Waals surface area contributed by atoms with Crippen molar-refractivity contribution in [1.29, 1.82) is 0 Å².